The second-order valence-corrected chi connectivity index (χ2v) is 5.24. The lowest BCUT2D eigenvalue weighted by molar-refractivity contribution is 0.339. The zero-order valence-corrected chi connectivity index (χ0v) is 13.5. The second-order valence-electron chi connectivity index (χ2n) is 4.83. The molecule has 1 N–H and O–H groups in total. The first kappa shape index (κ1) is 15.9. The van der Waals surface area contributed by atoms with E-state index in [9.17, 15) is 0 Å². The van der Waals surface area contributed by atoms with E-state index in [0.29, 0.717) is 11.6 Å². The van der Waals surface area contributed by atoms with Gasteiger partial charge in [0.2, 0.25) is 0 Å². The third kappa shape index (κ3) is 3.57. The van der Waals surface area contributed by atoms with Gasteiger partial charge in [-0.1, -0.05) is 30.7 Å². The normalized spacial score (nSPS) is 12.4. The molecule has 1 aromatic carbocycles. The van der Waals surface area contributed by atoms with Crippen molar-refractivity contribution in [3.05, 3.63) is 46.7 Å². The topological polar surface area (TPSA) is 39.1 Å². The Morgan fingerprint density at radius 1 is 1.38 bits per heavy atom. The first-order valence-corrected chi connectivity index (χ1v) is 7.70. The van der Waals surface area contributed by atoms with Crippen molar-refractivity contribution in [2.45, 2.75) is 32.9 Å². The molecule has 1 unspecified atom stereocenters. The molecule has 0 aliphatic carbocycles. The highest BCUT2D eigenvalue weighted by Crippen LogP contribution is 2.30. The quantitative estimate of drug-likeness (QED) is 0.848. The molecule has 1 atom stereocenters. The van der Waals surface area contributed by atoms with E-state index in [1.807, 2.05) is 36.9 Å². The van der Waals surface area contributed by atoms with Crippen LogP contribution < -0.4 is 10.1 Å². The molecule has 0 bridgehead atoms. The Bertz CT molecular complexity index is 583. The molecule has 1 heterocycles. The molecule has 1 aromatic heterocycles. The highest BCUT2D eigenvalue weighted by atomic mass is 35.5. The van der Waals surface area contributed by atoms with Gasteiger partial charge in [0.05, 0.1) is 29.6 Å². The summed E-state index contributed by atoms with van der Waals surface area (Å²) in [6, 6.07) is 8.07. The van der Waals surface area contributed by atoms with Crippen LogP contribution in [0.3, 0.4) is 0 Å². The van der Waals surface area contributed by atoms with Gasteiger partial charge in [-0.15, -0.1) is 0 Å². The average Bonchev–Trinajstić information content (AvgIpc) is 2.83. The summed E-state index contributed by atoms with van der Waals surface area (Å²) in [6.45, 7) is 5.62. The molecule has 0 aliphatic heterocycles. The molecule has 4 nitrogen and oxygen atoms in total. The van der Waals surface area contributed by atoms with Crippen LogP contribution in [-0.2, 0) is 6.54 Å². The Labute approximate surface area is 131 Å². The smallest absolute Gasteiger partial charge is 0.119 e. The van der Waals surface area contributed by atoms with Crippen molar-refractivity contribution >= 4 is 11.6 Å². The maximum Gasteiger partial charge on any atom is 0.119 e. The first-order valence-electron chi connectivity index (χ1n) is 7.32. The summed E-state index contributed by atoms with van der Waals surface area (Å²) in [4.78, 5) is 0. The number of nitrogens with one attached hydrogen (secondary N) is 1. The molecule has 0 saturated carbocycles. The Morgan fingerprint density at radius 2 is 2.19 bits per heavy atom. The van der Waals surface area contributed by atoms with Crippen molar-refractivity contribution in [1.82, 2.24) is 15.1 Å². The van der Waals surface area contributed by atoms with Gasteiger partial charge in [-0.2, -0.15) is 5.10 Å². The maximum atomic E-state index is 6.35. The minimum atomic E-state index is -0.00745. The van der Waals surface area contributed by atoms with Gasteiger partial charge in [0.1, 0.15) is 5.75 Å². The monoisotopic (exact) mass is 307 g/mol. The summed E-state index contributed by atoms with van der Waals surface area (Å²) in [5, 5.41) is 8.39. The van der Waals surface area contributed by atoms with Crippen molar-refractivity contribution in [1.29, 1.82) is 0 Å². The van der Waals surface area contributed by atoms with Crippen LogP contribution >= 0.6 is 11.6 Å². The van der Waals surface area contributed by atoms with E-state index in [0.717, 1.165) is 30.0 Å². The molecule has 0 fully saturated rings. The summed E-state index contributed by atoms with van der Waals surface area (Å²) in [6.07, 6.45) is 2.73. The van der Waals surface area contributed by atoms with Crippen molar-refractivity contribution in [2.24, 2.45) is 0 Å². The van der Waals surface area contributed by atoms with Crippen LogP contribution in [0.5, 0.6) is 5.75 Å². The molecule has 0 spiro atoms. The highest BCUT2D eigenvalue weighted by Gasteiger charge is 2.21. The number of benzene rings is 1. The lowest BCUT2D eigenvalue weighted by Gasteiger charge is -2.19. The van der Waals surface area contributed by atoms with Gasteiger partial charge in [-0.05, 0) is 38.1 Å². The van der Waals surface area contributed by atoms with E-state index in [2.05, 4.69) is 23.4 Å². The summed E-state index contributed by atoms with van der Waals surface area (Å²) >= 11 is 6.35. The van der Waals surface area contributed by atoms with Gasteiger partial charge in [0.25, 0.3) is 0 Å². The Kier molecular flexibility index (Phi) is 5.65. The number of aryl methyl sites for hydroxylation is 1. The van der Waals surface area contributed by atoms with Crippen LogP contribution in [0.15, 0.2) is 30.5 Å². The summed E-state index contributed by atoms with van der Waals surface area (Å²) in [5.41, 5.74) is 2.11. The van der Waals surface area contributed by atoms with Gasteiger partial charge < -0.3 is 10.1 Å². The SMILES string of the molecule is CCCn1ncc(Cl)c1C(NC)c1cccc(OCC)c1. The number of halogens is 1. The number of ether oxygens (including phenoxy) is 1. The van der Waals surface area contributed by atoms with Crippen LogP contribution in [0, 0.1) is 0 Å². The predicted octanol–water partition coefficient (Wildman–Crippen LogP) is 3.65. The van der Waals surface area contributed by atoms with Crippen LogP contribution in [0.2, 0.25) is 5.02 Å². The molecule has 0 radical (unpaired) electrons. The number of nitrogens with zero attached hydrogens (tertiary/aromatic N) is 2. The van der Waals surface area contributed by atoms with E-state index < -0.39 is 0 Å². The van der Waals surface area contributed by atoms with Gasteiger partial charge in [0, 0.05) is 6.54 Å². The van der Waals surface area contributed by atoms with Crippen molar-refractivity contribution < 1.29 is 4.74 Å². The molecule has 0 aliphatic rings. The fourth-order valence-electron chi connectivity index (χ4n) is 2.46. The summed E-state index contributed by atoms with van der Waals surface area (Å²) in [5.74, 6) is 0.868. The average molecular weight is 308 g/mol. The van der Waals surface area contributed by atoms with Crippen LogP contribution in [0.4, 0.5) is 0 Å². The maximum absolute atomic E-state index is 6.35. The molecule has 21 heavy (non-hydrogen) atoms. The molecule has 5 heteroatoms. The second kappa shape index (κ2) is 7.48. The minimum Gasteiger partial charge on any atom is -0.494 e. The molecular weight excluding hydrogens is 286 g/mol. The van der Waals surface area contributed by atoms with Gasteiger partial charge in [-0.3, -0.25) is 4.68 Å². The zero-order valence-electron chi connectivity index (χ0n) is 12.8. The third-order valence-corrected chi connectivity index (χ3v) is 3.62. The lowest BCUT2D eigenvalue weighted by atomic mass is 10.0. The largest absolute Gasteiger partial charge is 0.494 e. The molecule has 2 rings (SSSR count). The highest BCUT2D eigenvalue weighted by molar-refractivity contribution is 6.31. The summed E-state index contributed by atoms with van der Waals surface area (Å²) < 4.78 is 7.55. The predicted molar refractivity (Wildman–Crippen MR) is 86.0 cm³/mol. The van der Waals surface area contributed by atoms with E-state index in [-0.39, 0.29) is 6.04 Å². The number of rotatable bonds is 7. The van der Waals surface area contributed by atoms with Gasteiger partial charge in [-0.25, -0.2) is 0 Å². The Morgan fingerprint density at radius 3 is 2.86 bits per heavy atom. The fraction of sp³-hybridized carbons (Fsp3) is 0.438. The number of aromatic nitrogens is 2. The van der Waals surface area contributed by atoms with E-state index in [4.69, 9.17) is 16.3 Å². The minimum absolute atomic E-state index is 0.00745. The lowest BCUT2D eigenvalue weighted by Crippen LogP contribution is -2.22. The standard InChI is InChI=1S/C16H22ClN3O/c1-4-9-20-16(14(17)11-19-20)15(18-3)12-7-6-8-13(10-12)21-5-2/h6-8,10-11,15,18H,4-5,9H2,1-3H3. The van der Waals surface area contributed by atoms with Crippen LogP contribution in [0.25, 0.3) is 0 Å². The molecule has 114 valence electrons. The molecule has 2 aromatic rings. The summed E-state index contributed by atoms with van der Waals surface area (Å²) in [7, 11) is 1.93. The molecule has 0 amide bonds. The van der Waals surface area contributed by atoms with Crippen LogP contribution in [-0.4, -0.2) is 23.4 Å². The van der Waals surface area contributed by atoms with E-state index >= 15 is 0 Å². The number of hydrogen-bond acceptors (Lipinski definition) is 3. The van der Waals surface area contributed by atoms with Gasteiger partial charge in [0.15, 0.2) is 0 Å². The van der Waals surface area contributed by atoms with Crippen LogP contribution in [0.1, 0.15) is 37.6 Å². The molecular formula is C16H22ClN3O. The van der Waals surface area contributed by atoms with Crippen molar-refractivity contribution in [2.75, 3.05) is 13.7 Å². The first-order chi connectivity index (χ1) is 10.2. The molecule has 0 saturated heterocycles. The number of hydrogen-bond donors (Lipinski definition) is 1. The Balaban J connectivity index is 2.39. The fourth-order valence-corrected chi connectivity index (χ4v) is 2.71. The zero-order chi connectivity index (χ0) is 15.2. The Hall–Kier alpha value is -1.52. The van der Waals surface area contributed by atoms with E-state index in [1.54, 1.807) is 6.20 Å². The third-order valence-electron chi connectivity index (χ3n) is 3.33. The van der Waals surface area contributed by atoms with Crippen molar-refractivity contribution in [3.8, 4) is 5.75 Å². The van der Waals surface area contributed by atoms with Gasteiger partial charge >= 0.3 is 0 Å². The van der Waals surface area contributed by atoms with E-state index in [1.165, 1.54) is 0 Å². The van der Waals surface area contributed by atoms with Crippen molar-refractivity contribution in [3.63, 3.8) is 0 Å².